The summed E-state index contributed by atoms with van der Waals surface area (Å²) in [4.78, 5) is 43.0. The lowest BCUT2D eigenvalue weighted by Gasteiger charge is -2.45. The largest absolute Gasteiger partial charge is 0.481 e. The van der Waals surface area contributed by atoms with E-state index in [2.05, 4.69) is 15.2 Å². The predicted octanol–water partition coefficient (Wildman–Crippen LogP) is 6.20. The Labute approximate surface area is 280 Å². The Morgan fingerprint density at radius 2 is 1.67 bits per heavy atom. The van der Waals surface area contributed by atoms with Crippen LogP contribution in [-0.4, -0.2) is 82.0 Å². The zero-order valence-electron chi connectivity index (χ0n) is 26.5. The zero-order chi connectivity index (χ0) is 34.6. The van der Waals surface area contributed by atoms with Crippen LogP contribution >= 0.6 is 11.6 Å². The molecule has 15 heteroatoms. The summed E-state index contributed by atoms with van der Waals surface area (Å²) in [6.45, 7) is 2.00. The van der Waals surface area contributed by atoms with E-state index in [-0.39, 0.29) is 73.4 Å². The molecule has 2 fully saturated rings. The molecule has 0 unspecified atom stereocenters. The molecule has 0 bridgehead atoms. The first kappa shape index (κ1) is 35.0. The van der Waals surface area contributed by atoms with E-state index >= 15 is 0 Å². The number of nitrogens with zero attached hydrogens (tertiary/aromatic N) is 4. The predicted molar refractivity (Wildman–Crippen MR) is 170 cm³/mol. The second kappa shape index (κ2) is 14.4. The van der Waals surface area contributed by atoms with Crippen LogP contribution in [0, 0.1) is 11.2 Å². The number of carbonyl (C=O) groups excluding carboxylic acids is 2. The molecule has 2 aromatic carbocycles. The SMILES string of the molecule is CC(C)c1ccnn1C1(C(=O)Nc2ccc(Cl)cc2OC(F)F)CCN(CC2(C(=O)O)CCN(C(=O)Oc3ccc(F)cc3)CC2)CC1. The normalized spacial score (nSPS) is 17.7. The Bertz CT molecular complexity index is 1620. The van der Waals surface area contributed by atoms with Gasteiger partial charge < -0.3 is 29.7 Å². The summed E-state index contributed by atoms with van der Waals surface area (Å²) in [6, 6.07) is 10.9. The van der Waals surface area contributed by atoms with Crippen molar-refractivity contribution < 1.29 is 42.1 Å². The van der Waals surface area contributed by atoms with E-state index in [1.54, 1.807) is 10.9 Å². The highest BCUT2D eigenvalue weighted by molar-refractivity contribution is 6.30. The maximum absolute atomic E-state index is 14.2. The third kappa shape index (κ3) is 7.54. The topological polar surface area (TPSA) is 126 Å². The first-order valence-electron chi connectivity index (χ1n) is 15.6. The van der Waals surface area contributed by atoms with Crippen LogP contribution in [0.4, 0.5) is 23.7 Å². The van der Waals surface area contributed by atoms with Crippen LogP contribution in [0.25, 0.3) is 0 Å². The van der Waals surface area contributed by atoms with Gasteiger partial charge in [-0.25, -0.2) is 9.18 Å². The number of likely N-dealkylation sites (tertiary alicyclic amines) is 2. The van der Waals surface area contributed by atoms with Gasteiger partial charge >= 0.3 is 18.7 Å². The van der Waals surface area contributed by atoms with Crippen molar-refractivity contribution in [2.45, 2.75) is 57.6 Å². The summed E-state index contributed by atoms with van der Waals surface area (Å²) in [7, 11) is 0. The van der Waals surface area contributed by atoms with E-state index in [0.717, 1.165) is 5.69 Å². The number of aromatic nitrogens is 2. The van der Waals surface area contributed by atoms with E-state index in [9.17, 15) is 32.7 Å². The number of amides is 2. The minimum absolute atomic E-state index is 0.0127. The molecule has 3 aromatic rings. The van der Waals surface area contributed by atoms with Crippen molar-refractivity contribution in [3.05, 3.63) is 71.3 Å². The monoisotopic (exact) mass is 691 g/mol. The molecule has 2 N–H and O–H groups in total. The van der Waals surface area contributed by atoms with Crippen LogP contribution in [0.1, 0.15) is 51.1 Å². The summed E-state index contributed by atoms with van der Waals surface area (Å²) in [5.41, 5.74) is -1.53. The standard InChI is InChI=1S/C33H37ClF3N5O6/c1-21(2)26-9-14-38-42(26)33(28(43)39-25-8-3-22(34)19-27(25)48-30(36)37)12-15-40(16-13-33)20-32(29(44)45)10-17-41(18-11-32)31(46)47-24-6-4-23(35)5-7-24/h3-9,14,19,21,30H,10-13,15-18,20H2,1-2H3,(H,39,43)(H,44,45). The molecule has 0 atom stereocenters. The van der Waals surface area contributed by atoms with E-state index in [4.69, 9.17) is 16.3 Å². The number of nitrogens with one attached hydrogen (secondary N) is 1. The lowest BCUT2D eigenvalue weighted by atomic mass is 9.76. The van der Waals surface area contributed by atoms with Gasteiger partial charge in [-0.15, -0.1) is 0 Å². The first-order valence-corrected chi connectivity index (χ1v) is 16.0. The summed E-state index contributed by atoms with van der Waals surface area (Å²) in [5.74, 6) is -2.00. The van der Waals surface area contributed by atoms with Gasteiger partial charge in [0.2, 0.25) is 0 Å². The molecule has 5 rings (SSSR count). The number of ether oxygens (including phenoxy) is 2. The Hall–Kier alpha value is -4.30. The van der Waals surface area contributed by atoms with Crippen molar-refractivity contribution in [3.8, 4) is 11.5 Å². The van der Waals surface area contributed by atoms with E-state index in [0.29, 0.717) is 13.1 Å². The number of hydrogen-bond donors (Lipinski definition) is 2. The second-order valence-corrected chi connectivity index (χ2v) is 12.9. The number of carboxylic acids is 1. The van der Waals surface area contributed by atoms with Gasteiger partial charge in [-0.1, -0.05) is 25.4 Å². The van der Waals surface area contributed by atoms with Crippen molar-refractivity contribution in [1.29, 1.82) is 0 Å². The number of rotatable bonds is 10. The van der Waals surface area contributed by atoms with Gasteiger partial charge in [0.1, 0.15) is 17.1 Å². The number of halogens is 4. The van der Waals surface area contributed by atoms with E-state index < -0.39 is 41.4 Å². The van der Waals surface area contributed by atoms with E-state index in [1.165, 1.54) is 47.4 Å². The molecule has 1 aromatic heterocycles. The third-order valence-electron chi connectivity index (χ3n) is 9.16. The average Bonchev–Trinajstić information content (AvgIpc) is 3.55. The average molecular weight is 692 g/mol. The minimum Gasteiger partial charge on any atom is -0.481 e. The van der Waals surface area contributed by atoms with Crippen LogP contribution < -0.4 is 14.8 Å². The number of carboxylic acid groups (broad SMARTS) is 1. The number of aliphatic carboxylic acids is 1. The molecule has 2 saturated heterocycles. The van der Waals surface area contributed by atoms with Gasteiger partial charge in [-0.05, 0) is 74.1 Å². The fourth-order valence-electron chi connectivity index (χ4n) is 6.41. The van der Waals surface area contributed by atoms with Crippen molar-refractivity contribution in [2.75, 3.05) is 38.0 Å². The van der Waals surface area contributed by atoms with Crippen LogP contribution in [-0.2, 0) is 15.1 Å². The minimum atomic E-state index is -3.14. The molecular weight excluding hydrogens is 655 g/mol. The van der Waals surface area contributed by atoms with Crippen LogP contribution in [0.2, 0.25) is 5.02 Å². The number of piperidine rings is 2. The van der Waals surface area contributed by atoms with Crippen molar-refractivity contribution in [2.24, 2.45) is 5.41 Å². The highest BCUT2D eigenvalue weighted by Crippen LogP contribution is 2.39. The summed E-state index contributed by atoms with van der Waals surface area (Å²) < 4.78 is 51.2. The van der Waals surface area contributed by atoms with Crippen LogP contribution in [0.5, 0.6) is 11.5 Å². The fraction of sp³-hybridized carbons (Fsp3) is 0.455. The maximum Gasteiger partial charge on any atom is 0.415 e. The number of anilines is 1. The molecule has 2 aliphatic rings. The number of hydrogen-bond acceptors (Lipinski definition) is 7. The molecule has 2 amide bonds. The van der Waals surface area contributed by atoms with Gasteiger partial charge in [0.25, 0.3) is 5.91 Å². The quantitative estimate of drug-likeness (QED) is 0.258. The van der Waals surface area contributed by atoms with E-state index in [1.807, 2.05) is 24.8 Å². The second-order valence-electron chi connectivity index (χ2n) is 12.5. The van der Waals surface area contributed by atoms with Gasteiger partial charge in [-0.3, -0.25) is 14.3 Å². The molecule has 0 spiro atoms. The highest BCUT2D eigenvalue weighted by atomic mass is 35.5. The van der Waals surface area contributed by atoms with Gasteiger partial charge in [-0.2, -0.15) is 13.9 Å². The molecule has 0 radical (unpaired) electrons. The molecular formula is C33H37ClF3N5O6. The Balaban J connectivity index is 1.30. The van der Waals surface area contributed by atoms with Crippen molar-refractivity contribution in [1.82, 2.24) is 19.6 Å². The third-order valence-corrected chi connectivity index (χ3v) is 9.40. The summed E-state index contributed by atoms with van der Waals surface area (Å²) in [6.07, 6.45) is 1.84. The lowest BCUT2D eigenvalue weighted by molar-refractivity contribution is -0.154. The van der Waals surface area contributed by atoms with Gasteiger partial charge in [0.05, 0.1) is 11.1 Å². The summed E-state index contributed by atoms with van der Waals surface area (Å²) >= 11 is 6.00. The lowest BCUT2D eigenvalue weighted by Crippen LogP contribution is -2.57. The molecule has 11 nitrogen and oxygen atoms in total. The molecule has 2 aliphatic heterocycles. The Kier molecular flexibility index (Phi) is 10.5. The van der Waals surface area contributed by atoms with Gasteiger partial charge in [0.15, 0.2) is 5.75 Å². The number of alkyl halides is 2. The Morgan fingerprint density at radius 1 is 1.00 bits per heavy atom. The molecule has 0 saturated carbocycles. The van der Waals surface area contributed by atoms with Crippen molar-refractivity contribution >= 4 is 35.3 Å². The van der Waals surface area contributed by atoms with Crippen molar-refractivity contribution in [3.63, 3.8) is 0 Å². The summed E-state index contributed by atoms with van der Waals surface area (Å²) in [5, 5.41) is 17.8. The molecule has 258 valence electrons. The zero-order valence-corrected chi connectivity index (χ0v) is 27.3. The van der Waals surface area contributed by atoms with Crippen LogP contribution in [0.15, 0.2) is 54.7 Å². The van der Waals surface area contributed by atoms with Gasteiger partial charge in [0, 0.05) is 55.7 Å². The Morgan fingerprint density at radius 3 is 2.27 bits per heavy atom. The number of benzene rings is 2. The smallest absolute Gasteiger partial charge is 0.415 e. The molecule has 48 heavy (non-hydrogen) atoms. The fourth-order valence-corrected chi connectivity index (χ4v) is 6.57. The maximum atomic E-state index is 14.2. The van der Waals surface area contributed by atoms with Crippen LogP contribution in [0.3, 0.4) is 0 Å². The number of carbonyl (C=O) groups is 3. The first-order chi connectivity index (χ1) is 22.8. The highest BCUT2D eigenvalue weighted by Gasteiger charge is 2.49. The molecule has 3 heterocycles. The molecule has 0 aliphatic carbocycles.